The highest BCUT2D eigenvalue weighted by Gasteiger charge is 2.12. The third kappa shape index (κ3) is 4.85. The number of aromatic amines is 1. The highest BCUT2D eigenvalue weighted by molar-refractivity contribution is 7.71. The van der Waals surface area contributed by atoms with Crippen molar-refractivity contribution in [3.63, 3.8) is 0 Å². The third-order valence-corrected chi connectivity index (χ3v) is 5.13. The van der Waals surface area contributed by atoms with Gasteiger partial charge < -0.3 is 9.72 Å². The lowest BCUT2D eigenvalue weighted by Crippen LogP contribution is -2.43. The summed E-state index contributed by atoms with van der Waals surface area (Å²) >= 11 is 5.35. The summed E-state index contributed by atoms with van der Waals surface area (Å²) in [5.41, 5.74) is 5.95. The molecule has 1 heterocycles. The van der Waals surface area contributed by atoms with Crippen LogP contribution in [0.3, 0.4) is 0 Å². The molecule has 0 radical (unpaired) electrons. The van der Waals surface area contributed by atoms with Crippen molar-refractivity contribution >= 4 is 34.9 Å². The van der Waals surface area contributed by atoms with Crippen LogP contribution in [-0.4, -0.2) is 28.0 Å². The van der Waals surface area contributed by atoms with Gasteiger partial charge in [0.05, 0.1) is 28.2 Å². The average molecular weight is 471 g/mol. The smallest absolute Gasteiger partial charge is 0.276 e. The number of para-hydroxylation sites is 1. The van der Waals surface area contributed by atoms with Crippen molar-refractivity contribution in [2.24, 2.45) is 0 Å². The van der Waals surface area contributed by atoms with Gasteiger partial charge in [0.2, 0.25) is 0 Å². The van der Waals surface area contributed by atoms with Gasteiger partial charge in [0.25, 0.3) is 17.4 Å². The number of benzene rings is 3. The Morgan fingerprint density at radius 3 is 2.47 bits per heavy atom. The summed E-state index contributed by atoms with van der Waals surface area (Å²) in [4.78, 5) is 40.4. The lowest BCUT2D eigenvalue weighted by molar-refractivity contribution is -0.123. The van der Waals surface area contributed by atoms with Crippen molar-refractivity contribution < 1.29 is 14.3 Å². The summed E-state index contributed by atoms with van der Waals surface area (Å²) in [6.07, 6.45) is 0. The zero-order chi connectivity index (χ0) is 24.1. The Bertz CT molecular complexity index is 1540. The molecule has 1 aromatic heterocycles. The second kappa shape index (κ2) is 9.81. The first-order valence-electron chi connectivity index (χ1n) is 10.0. The van der Waals surface area contributed by atoms with Gasteiger partial charge in [-0.3, -0.25) is 29.8 Å². The average Bonchev–Trinajstić information content (AvgIpc) is 2.86. The third-order valence-electron chi connectivity index (χ3n) is 4.84. The van der Waals surface area contributed by atoms with Gasteiger partial charge in [-0.15, -0.1) is 0 Å². The zero-order valence-electron chi connectivity index (χ0n) is 17.6. The maximum atomic E-state index is 13.0. The van der Waals surface area contributed by atoms with E-state index in [1.807, 2.05) is 12.1 Å². The van der Waals surface area contributed by atoms with Crippen LogP contribution in [0, 0.1) is 16.1 Å². The van der Waals surface area contributed by atoms with E-state index in [4.69, 9.17) is 22.2 Å². The quantitative estimate of drug-likeness (QED) is 0.303. The van der Waals surface area contributed by atoms with Gasteiger partial charge in [0, 0.05) is 5.56 Å². The summed E-state index contributed by atoms with van der Waals surface area (Å²) in [7, 11) is 0. The molecule has 0 atom stereocenters. The zero-order valence-corrected chi connectivity index (χ0v) is 18.4. The molecule has 4 aromatic rings. The molecule has 3 N–H and O–H groups in total. The standard InChI is InChI=1S/C24H17N5O4S/c25-13-15-6-9-18(10-7-15)33-14-21(30)27-28-22(31)16-8-11-19-20(12-16)26-24(34)29(23(19)32)17-4-2-1-3-5-17/h1-12H,14H2,(H,26,34)(H,27,30)(H,28,31). The number of amides is 2. The van der Waals surface area contributed by atoms with Gasteiger partial charge in [-0.1, -0.05) is 18.2 Å². The van der Waals surface area contributed by atoms with Crippen LogP contribution in [0.15, 0.2) is 77.6 Å². The van der Waals surface area contributed by atoms with Crippen molar-refractivity contribution in [1.82, 2.24) is 20.4 Å². The summed E-state index contributed by atoms with van der Waals surface area (Å²) in [5.74, 6) is -0.754. The van der Waals surface area contributed by atoms with E-state index in [1.165, 1.54) is 22.8 Å². The first-order valence-corrected chi connectivity index (χ1v) is 10.4. The van der Waals surface area contributed by atoms with Gasteiger partial charge in [-0.05, 0) is 66.8 Å². The van der Waals surface area contributed by atoms with E-state index in [1.54, 1.807) is 48.5 Å². The number of carbonyl (C=O) groups is 2. The Balaban J connectivity index is 1.43. The van der Waals surface area contributed by atoms with Crippen LogP contribution < -0.4 is 21.1 Å². The second-order valence-electron chi connectivity index (χ2n) is 7.09. The molecule has 10 heteroatoms. The van der Waals surface area contributed by atoms with Gasteiger partial charge >= 0.3 is 0 Å². The number of nitrogens with one attached hydrogen (secondary N) is 3. The minimum atomic E-state index is -0.583. The molecular weight excluding hydrogens is 454 g/mol. The van der Waals surface area contributed by atoms with E-state index in [0.717, 1.165) is 0 Å². The number of rotatable bonds is 5. The van der Waals surface area contributed by atoms with Crippen molar-refractivity contribution in [2.45, 2.75) is 0 Å². The molecule has 0 spiro atoms. The minimum Gasteiger partial charge on any atom is -0.484 e. The predicted molar refractivity (Wildman–Crippen MR) is 127 cm³/mol. The molecule has 9 nitrogen and oxygen atoms in total. The topological polar surface area (TPSA) is 129 Å². The number of hydrogen-bond acceptors (Lipinski definition) is 6. The molecule has 2 amide bonds. The number of carbonyl (C=O) groups excluding carboxylic acids is 2. The molecule has 0 saturated carbocycles. The number of nitriles is 1. The number of ether oxygens (including phenoxy) is 1. The van der Waals surface area contributed by atoms with Crippen LogP contribution in [0.4, 0.5) is 0 Å². The molecule has 0 aliphatic rings. The van der Waals surface area contributed by atoms with Crippen LogP contribution >= 0.6 is 12.2 Å². The van der Waals surface area contributed by atoms with E-state index in [-0.39, 0.29) is 22.5 Å². The summed E-state index contributed by atoms with van der Waals surface area (Å²) < 4.78 is 6.88. The Morgan fingerprint density at radius 2 is 1.76 bits per heavy atom. The normalized spacial score (nSPS) is 10.3. The van der Waals surface area contributed by atoms with Crippen LogP contribution in [0.5, 0.6) is 5.75 Å². The molecule has 34 heavy (non-hydrogen) atoms. The monoisotopic (exact) mass is 471 g/mol. The molecule has 4 rings (SSSR count). The molecular formula is C24H17N5O4S. The van der Waals surface area contributed by atoms with Gasteiger partial charge in [-0.25, -0.2) is 0 Å². The Kier molecular flexibility index (Phi) is 6.47. The van der Waals surface area contributed by atoms with Crippen LogP contribution in [-0.2, 0) is 4.79 Å². The number of hydrazine groups is 1. The van der Waals surface area contributed by atoms with E-state index < -0.39 is 11.8 Å². The molecule has 0 saturated heterocycles. The van der Waals surface area contributed by atoms with Gasteiger partial charge in [-0.2, -0.15) is 5.26 Å². The Hall–Kier alpha value is -4.75. The van der Waals surface area contributed by atoms with Crippen LogP contribution in [0.1, 0.15) is 15.9 Å². The molecule has 0 unspecified atom stereocenters. The summed E-state index contributed by atoms with van der Waals surface area (Å²) in [5, 5.41) is 9.14. The fraction of sp³-hybridized carbons (Fsp3) is 0.0417. The number of aromatic nitrogens is 2. The lowest BCUT2D eigenvalue weighted by atomic mass is 10.1. The number of hydrogen-bond donors (Lipinski definition) is 3. The fourth-order valence-corrected chi connectivity index (χ4v) is 3.48. The van der Waals surface area contributed by atoms with Crippen molar-refractivity contribution in [2.75, 3.05) is 6.61 Å². The van der Waals surface area contributed by atoms with E-state index in [2.05, 4.69) is 15.8 Å². The number of H-pyrrole nitrogens is 1. The van der Waals surface area contributed by atoms with Crippen molar-refractivity contribution in [1.29, 1.82) is 5.26 Å². The van der Waals surface area contributed by atoms with Crippen LogP contribution in [0.25, 0.3) is 16.6 Å². The first kappa shape index (κ1) is 22.4. The fourth-order valence-electron chi connectivity index (χ4n) is 3.18. The van der Waals surface area contributed by atoms with Crippen molar-refractivity contribution in [3.8, 4) is 17.5 Å². The highest BCUT2D eigenvalue weighted by Crippen LogP contribution is 2.14. The first-order chi connectivity index (χ1) is 16.5. The van der Waals surface area contributed by atoms with Crippen molar-refractivity contribution in [3.05, 3.63) is 99.0 Å². The Labute approximate surface area is 198 Å². The van der Waals surface area contributed by atoms with Gasteiger partial charge in [0.15, 0.2) is 11.4 Å². The van der Waals surface area contributed by atoms with Crippen LogP contribution in [0.2, 0.25) is 0 Å². The summed E-state index contributed by atoms with van der Waals surface area (Å²) in [6, 6.07) is 21.7. The SMILES string of the molecule is N#Cc1ccc(OCC(=O)NNC(=O)c2ccc3c(=O)n(-c4ccccc4)c(=S)[nH]c3c2)cc1. The lowest BCUT2D eigenvalue weighted by Gasteiger charge is -2.10. The highest BCUT2D eigenvalue weighted by atomic mass is 32.1. The molecule has 168 valence electrons. The maximum absolute atomic E-state index is 13.0. The predicted octanol–water partition coefficient (Wildman–Crippen LogP) is 2.76. The maximum Gasteiger partial charge on any atom is 0.276 e. The second-order valence-corrected chi connectivity index (χ2v) is 7.48. The van der Waals surface area contributed by atoms with E-state index in [9.17, 15) is 14.4 Å². The number of fused-ring (bicyclic) bond motifs is 1. The molecule has 0 aliphatic heterocycles. The molecule has 0 bridgehead atoms. The largest absolute Gasteiger partial charge is 0.484 e. The molecule has 0 aliphatic carbocycles. The minimum absolute atomic E-state index is 0.189. The van der Waals surface area contributed by atoms with E-state index >= 15 is 0 Å². The molecule has 0 fully saturated rings. The van der Waals surface area contributed by atoms with E-state index in [0.29, 0.717) is 27.9 Å². The summed E-state index contributed by atoms with van der Waals surface area (Å²) in [6.45, 7) is -0.337. The molecule has 3 aromatic carbocycles. The number of nitrogens with zero attached hydrogens (tertiary/aromatic N) is 2. The van der Waals surface area contributed by atoms with Gasteiger partial charge in [0.1, 0.15) is 5.75 Å². The Morgan fingerprint density at radius 1 is 1.03 bits per heavy atom.